The van der Waals surface area contributed by atoms with Gasteiger partial charge in [-0.1, -0.05) is 6.42 Å². The van der Waals surface area contributed by atoms with Crippen molar-refractivity contribution in [2.24, 2.45) is 0 Å². The first-order valence-corrected chi connectivity index (χ1v) is 9.45. The molecule has 1 unspecified atom stereocenters. The Morgan fingerprint density at radius 2 is 1.87 bits per heavy atom. The normalized spacial score (nSPS) is 27.9. The topological polar surface area (TPSA) is 33.5 Å². The summed E-state index contributed by atoms with van der Waals surface area (Å²) in [5.74, 6) is 0. The van der Waals surface area contributed by atoms with Gasteiger partial charge in [0.15, 0.2) is 0 Å². The lowest BCUT2D eigenvalue weighted by atomic mass is 10.1. The van der Waals surface area contributed by atoms with Crippen molar-refractivity contribution in [2.45, 2.75) is 57.2 Å². The van der Waals surface area contributed by atoms with Crippen molar-refractivity contribution < 1.29 is 4.74 Å². The van der Waals surface area contributed by atoms with Gasteiger partial charge in [-0.15, -0.1) is 0 Å². The second-order valence-electron chi connectivity index (χ2n) is 7.47. The number of hydrogen-bond acceptors (Lipinski definition) is 4. The largest absolute Gasteiger partial charge is 0.376 e. The molecule has 3 fully saturated rings. The Labute approximate surface area is 139 Å². The SMILES string of the molecule is c1ncn(C2CC2)c1CN1CCCOC(CN2CCCCC2)C1. The van der Waals surface area contributed by atoms with Crippen LogP contribution < -0.4 is 0 Å². The van der Waals surface area contributed by atoms with Gasteiger partial charge in [-0.2, -0.15) is 0 Å². The number of nitrogens with zero attached hydrogens (tertiary/aromatic N) is 4. The van der Waals surface area contributed by atoms with Gasteiger partial charge < -0.3 is 14.2 Å². The summed E-state index contributed by atoms with van der Waals surface area (Å²) in [5.41, 5.74) is 1.38. The van der Waals surface area contributed by atoms with Crippen LogP contribution in [0.4, 0.5) is 0 Å². The van der Waals surface area contributed by atoms with Crippen molar-refractivity contribution >= 4 is 0 Å². The number of rotatable bonds is 5. The zero-order valence-electron chi connectivity index (χ0n) is 14.2. The maximum atomic E-state index is 6.14. The van der Waals surface area contributed by atoms with E-state index in [-0.39, 0.29) is 0 Å². The van der Waals surface area contributed by atoms with Crippen molar-refractivity contribution in [3.8, 4) is 0 Å². The molecule has 128 valence electrons. The van der Waals surface area contributed by atoms with Gasteiger partial charge in [0.25, 0.3) is 0 Å². The number of piperidine rings is 1. The zero-order valence-corrected chi connectivity index (χ0v) is 14.2. The van der Waals surface area contributed by atoms with Gasteiger partial charge in [-0.3, -0.25) is 4.90 Å². The van der Waals surface area contributed by atoms with Crippen molar-refractivity contribution in [3.05, 3.63) is 18.2 Å². The summed E-state index contributed by atoms with van der Waals surface area (Å²) in [7, 11) is 0. The van der Waals surface area contributed by atoms with Crippen molar-refractivity contribution in [1.82, 2.24) is 19.4 Å². The molecule has 1 aliphatic carbocycles. The maximum Gasteiger partial charge on any atom is 0.0951 e. The van der Waals surface area contributed by atoms with E-state index in [9.17, 15) is 0 Å². The third kappa shape index (κ3) is 4.14. The summed E-state index contributed by atoms with van der Waals surface area (Å²) >= 11 is 0. The van der Waals surface area contributed by atoms with E-state index in [1.54, 1.807) is 0 Å². The average Bonchev–Trinajstić information content (AvgIpc) is 3.34. The van der Waals surface area contributed by atoms with Crippen LogP contribution in [0.15, 0.2) is 12.5 Å². The van der Waals surface area contributed by atoms with Gasteiger partial charge in [0.05, 0.1) is 18.1 Å². The molecule has 5 heteroatoms. The molecule has 0 aromatic carbocycles. The monoisotopic (exact) mass is 318 g/mol. The van der Waals surface area contributed by atoms with Gasteiger partial charge in [-0.25, -0.2) is 4.98 Å². The van der Waals surface area contributed by atoms with E-state index in [1.165, 1.54) is 50.9 Å². The molecule has 3 aliphatic rings. The fourth-order valence-electron chi connectivity index (χ4n) is 4.02. The molecule has 2 saturated heterocycles. The molecule has 0 bridgehead atoms. The minimum Gasteiger partial charge on any atom is -0.376 e. The van der Waals surface area contributed by atoms with Crippen molar-refractivity contribution in [1.29, 1.82) is 0 Å². The summed E-state index contributed by atoms with van der Waals surface area (Å²) in [6.07, 6.45) is 12.4. The molecule has 1 atom stereocenters. The van der Waals surface area contributed by atoms with Gasteiger partial charge in [0, 0.05) is 45.0 Å². The average molecular weight is 318 g/mol. The minimum absolute atomic E-state index is 0.368. The van der Waals surface area contributed by atoms with E-state index in [1.807, 2.05) is 6.33 Å². The Morgan fingerprint density at radius 3 is 2.70 bits per heavy atom. The van der Waals surface area contributed by atoms with E-state index in [2.05, 4.69) is 25.5 Å². The second-order valence-corrected chi connectivity index (χ2v) is 7.47. The van der Waals surface area contributed by atoms with Gasteiger partial charge in [0.1, 0.15) is 0 Å². The molecule has 4 rings (SSSR count). The van der Waals surface area contributed by atoms with Crippen molar-refractivity contribution in [2.75, 3.05) is 39.3 Å². The van der Waals surface area contributed by atoms with E-state index < -0.39 is 0 Å². The molecule has 1 aromatic rings. The predicted octanol–water partition coefficient (Wildman–Crippen LogP) is 2.29. The highest BCUT2D eigenvalue weighted by Gasteiger charge is 2.27. The molecule has 0 radical (unpaired) electrons. The van der Waals surface area contributed by atoms with Gasteiger partial charge in [0.2, 0.25) is 0 Å². The number of ether oxygens (including phenoxy) is 1. The molecule has 1 aromatic heterocycles. The molecule has 5 nitrogen and oxygen atoms in total. The minimum atomic E-state index is 0.368. The number of imidazole rings is 1. The predicted molar refractivity (Wildman–Crippen MR) is 90.4 cm³/mol. The Kier molecular flexibility index (Phi) is 4.97. The van der Waals surface area contributed by atoms with Crippen LogP contribution in [0.5, 0.6) is 0 Å². The first kappa shape index (κ1) is 15.6. The standard InChI is InChI=1S/C18H30N4O/c1-2-7-20(8-3-1)13-18-14-21(9-4-10-23-18)12-17-11-19-15-22(17)16-5-6-16/h11,15-16,18H,1-10,12-14H2. The van der Waals surface area contributed by atoms with Crippen LogP contribution in [0.2, 0.25) is 0 Å². The summed E-state index contributed by atoms with van der Waals surface area (Å²) < 4.78 is 8.53. The summed E-state index contributed by atoms with van der Waals surface area (Å²) in [4.78, 5) is 9.57. The lowest BCUT2D eigenvalue weighted by Crippen LogP contribution is -2.42. The van der Waals surface area contributed by atoms with E-state index in [4.69, 9.17) is 4.74 Å². The van der Waals surface area contributed by atoms with Crippen molar-refractivity contribution in [3.63, 3.8) is 0 Å². The zero-order chi connectivity index (χ0) is 15.5. The highest BCUT2D eigenvalue weighted by Crippen LogP contribution is 2.35. The summed E-state index contributed by atoms with van der Waals surface area (Å²) in [6.45, 7) is 7.77. The first-order valence-electron chi connectivity index (χ1n) is 9.45. The van der Waals surface area contributed by atoms with Gasteiger partial charge >= 0.3 is 0 Å². The Hall–Kier alpha value is -0.910. The third-order valence-corrected chi connectivity index (χ3v) is 5.42. The van der Waals surface area contributed by atoms with Crippen LogP contribution in [0.1, 0.15) is 50.3 Å². The van der Waals surface area contributed by atoms with E-state index in [0.29, 0.717) is 6.10 Å². The number of aromatic nitrogens is 2. The van der Waals surface area contributed by atoms with Crippen LogP contribution in [0.3, 0.4) is 0 Å². The first-order chi connectivity index (χ1) is 11.4. The molecule has 0 amide bonds. The quantitative estimate of drug-likeness (QED) is 0.834. The molecule has 1 saturated carbocycles. The van der Waals surface area contributed by atoms with Crippen LogP contribution in [-0.2, 0) is 11.3 Å². The molecule has 0 N–H and O–H groups in total. The van der Waals surface area contributed by atoms with E-state index >= 15 is 0 Å². The molecular weight excluding hydrogens is 288 g/mol. The molecule has 23 heavy (non-hydrogen) atoms. The number of hydrogen-bond donors (Lipinski definition) is 0. The lowest BCUT2D eigenvalue weighted by molar-refractivity contribution is 0.0214. The smallest absolute Gasteiger partial charge is 0.0951 e. The highest BCUT2D eigenvalue weighted by molar-refractivity contribution is 5.03. The fraction of sp³-hybridized carbons (Fsp3) is 0.833. The fourth-order valence-corrected chi connectivity index (χ4v) is 4.02. The molecular formula is C18H30N4O. The maximum absolute atomic E-state index is 6.14. The number of likely N-dealkylation sites (tertiary alicyclic amines) is 1. The molecule has 2 aliphatic heterocycles. The highest BCUT2D eigenvalue weighted by atomic mass is 16.5. The Morgan fingerprint density at radius 1 is 1.04 bits per heavy atom. The van der Waals surface area contributed by atoms with Gasteiger partial charge in [-0.05, 0) is 45.2 Å². The van der Waals surface area contributed by atoms with Crippen LogP contribution in [0, 0.1) is 0 Å². The Balaban J connectivity index is 1.34. The second kappa shape index (κ2) is 7.32. The van der Waals surface area contributed by atoms with E-state index in [0.717, 1.165) is 45.2 Å². The molecule has 3 heterocycles. The van der Waals surface area contributed by atoms with Crippen LogP contribution >= 0.6 is 0 Å². The van der Waals surface area contributed by atoms with Crippen LogP contribution in [-0.4, -0.2) is 64.8 Å². The summed E-state index contributed by atoms with van der Waals surface area (Å²) in [5, 5.41) is 0. The third-order valence-electron chi connectivity index (χ3n) is 5.42. The van der Waals surface area contributed by atoms with Crippen LogP contribution in [0.25, 0.3) is 0 Å². The summed E-state index contributed by atoms with van der Waals surface area (Å²) in [6, 6.07) is 0.722. The molecule has 0 spiro atoms. The Bertz CT molecular complexity index is 493. The lowest BCUT2D eigenvalue weighted by Gasteiger charge is -2.31.